The van der Waals surface area contributed by atoms with Crippen LogP contribution in [0.5, 0.6) is 5.75 Å². The minimum atomic E-state index is 0.422. The molecule has 3 rings (SSSR count). The monoisotopic (exact) mass is 274 g/mol. The van der Waals surface area contributed by atoms with E-state index in [1.807, 2.05) is 0 Å². The lowest BCUT2D eigenvalue weighted by atomic mass is 9.90. The molecule has 20 heavy (non-hydrogen) atoms. The van der Waals surface area contributed by atoms with Crippen molar-refractivity contribution in [2.45, 2.75) is 63.6 Å². The Balaban J connectivity index is 1.67. The van der Waals surface area contributed by atoms with Crippen LogP contribution in [0, 0.1) is 0 Å². The second kappa shape index (κ2) is 6.15. The van der Waals surface area contributed by atoms with Gasteiger partial charge in [0.1, 0.15) is 5.75 Å². The highest BCUT2D eigenvalue weighted by atomic mass is 16.5. The molecule has 0 amide bonds. The first-order valence-corrected chi connectivity index (χ1v) is 8.03. The number of hydrogen-bond donors (Lipinski definition) is 2. The van der Waals surface area contributed by atoms with Gasteiger partial charge in [-0.1, -0.05) is 19.1 Å². The van der Waals surface area contributed by atoms with E-state index in [0.29, 0.717) is 18.1 Å². The molecule has 1 saturated carbocycles. The first kappa shape index (κ1) is 13.9. The standard InChI is InChI=1S/C17H26N2O/c1-2-16(19-15-6-4-14(18)5-7-15)12-3-8-17-13(11-12)9-10-20-17/h3,8,11,14-16,19H,2,4-7,9-10,18H2,1H3. The largest absolute Gasteiger partial charge is 0.493 e. The van der Waals surface area contributed by atoms with Gasteiger partial charge < -0.3 is 15.8 Å². The molecule has 0 radical (unpaired) electrons. The molecule has 1 atom stereocenters. The minimum absolute atomic E-state index is 0.422. The lowest BCUT2D eigenvalue weighted by Crippen LogP contribution is -2.39. The van der Waals surface area contributed by atoms with Gasteiger partial charge in [-0.3, -0.25) is 0 Å². The van der Waals surface area contributed by atoms with Crippen molar-refractivity contribution in [2.75, 3.05) is 6.61 Å². The lowest BCUT2D eigenvalue weighted by molar-refractivity contribution is 0.312. The Morgan fingerprint density at radius 2 is 2.10 bits per heavy atom. The molecule has 110 valence electrons. The van der Waals surface area contributed by atoms with Crippen LogP contribution >= 0.6 is 0 Å². The molecule has 1 aliphatic carbocycles. The summed E-state index contributed by atoms with van der Waals surface area (Å²) in [6, 6.07) is 8.20. The number of nitrogens with one attached hydrogen (secondary N) is 1. The fraction of sp³-hybridized carbons (Fsp3) is 0.647. The van der Waals surface area contributed by atoms with Crippen molar-refractivity contribution in [1.29, 1.82) is 0 Å². The van der Waals surface area contributed by atoms with E-state index in [-0.39, 0.29) is 0 Å². The third-order valence-electron chi connectivity index (χ3n) is 4.73. The van der Waals surface area contributed by atoms with E-state index in [2.05, 4.69) is 30.4 Å². The number of fused-ring (bicyclic) bond motifs is 1. The summed E-state index contributed by atoms with van der Waals surface area (Å²) in [5.74, 6) is 1.08. The molecule has 2 aliphatic rings. The molecule has 3 N–H and O–H groups in total. The topological polar surface area (TPSA) is 47.3 Å². The van der Waals surface area contributed by atoms with Gasteiger partial charge in [0.25, 0.3) is 0 Å². The molecule has 1 aromatic carbocycles. The van der Waals surface area contributed by atoms with Gasteiger partial charge in [0, 0.05) is 24.5 Å². The third kappa shape index (κ3) is 2.99. The van der Waals surface area contributed by atoms with Gasteiger partial charge in [0.2, 0.25) is 0 Å². The zero-order valence-corrected chi connectivity index (χ0v) is 12.4. The maximum Gasteiger partial charge on any atom is 0.122 e. The molecule has 1 aromatic rings. The minimum Gasteiger partial charge on any atom is -0.493 e. The van der Waals surface area contributed by atoms with E-state index in [0.717, 1.165) is 38.0 Å². The number of benzene rings is 1. The summed E-state index contributed by atoms with van der Waals surface area (Å²) in [7, 11) is 0. The molecule has 0 saturated heterocycles. The SMILES string of the molecule is CCC(NC1CCC(N)CC1)c1ccc2c(c1)CCO2. The fourth-order valence-electron chi connectivity index (χ4n) is 3.44. The smallest absolute Gasteiger partial charge is 0.122 e. The summed E-state index contributed by atoms with van der Waals surface area (Å²) in [6.45, 7) is 3.10. The summed E-state index contributed by atoms with van der Waals surface area (Å²) in [5, 5.41) is 3.84. The maximum atomic E-state index is 5.99. The van der Waals surface area contributed by atoms with Gasteiger partial charge in [-0.05, 0) is 49.3 Å². The molecule has 1 aliphatic heterocycles. The average molecular weight is 274 g/mol. The van der Waals surface area contributed by atoms with Crippen LogP contribution < -0.4 is 15.8 Å². The summed E-state index contributed by atoms with van der Waals surface area (Å²) in [4.78, 5) is 0. The van der Waals surface area contributed by atoms with E-state index in [1.165, 1.54) is 24.0 Å². The second-order valence-corrected chi connectivity index (χ2v) is 6.20. The lowest BCUT2D eigenvalue weighted by Gasteiger charge is -2.31. The number of ether oxygens (including phenoxy) is 1. The Hall–Kier alpha value is -1.06. The highest BCUT2D eigenvalue weighted by Gasteiger charge is 2.22. The predicted molar refractivity (Wildman–Crippen MR) is 82.0 cm³/mol. The third-order valence-corrected chi connectivity index (χ3v) is 4.73. The summed E-state index contributed by atoms with van der Waals surface area (Å²) in [5.41, 5.74) is 8.77. The molecule has 0 aromatic heterocycles. The molecule has 0 bridgehead atoms. The predicted octanol–water partition coefficient (Wildman–Crippen LogP) is 2.93. The van der Waals surface area contributed by atoms with Crippen molar-refractivity contribution in [2.24, 2.45) is 5.73 Å². The summed E-state index contributed by atoms with van der Waals surface area (Å²) < 4.78 is 5.59. The van der Waals surface area contributed by atoms with Crippen molar-refractivity contribution in [3.63, 3.8) is 0 Å². The highest BCUT2D eigenvalue weighted by molar-refractivity contribution is 5.40. The Morgan fingerprint density at radius 3 is 2.85 bits per heavy atom. The van der Waals surface area contributed by atoms with E-state index in [4.69, 9.17) is 10.5 Å². The summed E-state index contributed by atoms with van der Waals surface area (Å²) >= 11 is 0. The van der Waals surface area contributed by atoms with Crippen molar-refractivity contribution in [1.82, 2.24) is 5.32 Å². The molecule has 1 fully saturated rings. The molecule has 3 nitrogen and oxygen atoms in total. The second-order valence-electron chi connectivity index (χ2n) is 6.20. The maximum absolute atomic E-state index is 5.99. The van der Waals surface area contributed by atoms with Crippen LogP contribution in [0.25, 0.3) is 0 Å². The Bertz CT molecular complexity index is 452. The number of rotatable bonds is 4. The van der Waals surface area contributed by atoms with Gasteiger partial charge in [-0.15, -0.1) is 0 Å². The average Bonchev–Trinajstić information content (AvgIpc) is 2.94. The van der Waals surface area contributed by atoms with Crippen LogP contribution in [0.15, 0.2) is 18.2 Å². The molecule has 3 heteroatoms. The molecule has 1 unspecified atom stereocenters. The number of nitrogens with two attached hydrogens (primary N) is 1. The van der Waals surface area contributed by atoms with Crippen LogP contribution in [0.3, 0.4) is 0 Å². The molecular formula is C17H26N2O. The van der Waals surface area contributed by atoms with Crippen molar-refractivity contribution >= 4 is 0 Å². The molecule has 1 heterocycles. The first-order chi connectivity index (χ1) is 9.76. The molecule has 0 spiro atoms. The quantitative estimate of drug-likeness (QED) is 0.887. The van der Waals surface area contributed by atoms with Gasteiger partial charge in [-0.25, -0.2) is 0 Å². The Labute approximate surface area is 121 Å². The van der Waals surface area contributed by atoms with Crippen molar-refractivity contribution in [3.8, 4) is 5.75 Å². The van der Waals surface area contributed by atoms with Crippen molar-refractivity contribution in [3.05, 3.63) is 29.3 Å². The van der Waals surface area contributed by atoms with Crippen LogP contribution in [0.2, 0.25) is 0 Å². The first-order valence-electron chi connectivity index (χ1n) is 8.03. The Kier molecular flexibility index (Phi) is 4.27. The summed E-state index contributed by atoms with van der Waals surface area (Å²) in [6.07, 6.45) is 6.93. The normalized spacial score (nSPS) is 26.9. The molecular weight excluding hydrogens is 248 g/mol. The zero-order valence-electron chi connectivity index (χ0n) is 12.4. The highest BCUT2D eigenvalue weighted by Crippen LogP contribution is 2.30. The van der Waals surface area contributed by atoms with E-state index >= 15 is 0 Å². The van der Waals surface area contributed by atoms with Crippen LogP contribution in [-0.4, -0.2) is 18.7 Å². The fourth-order valence-corrected chi connectivity index (χ4v) is 3.44. The van der Waals surface area contributed by atoms with E-state index < -0.39 is 0 Å². The zero-order chi connectivity index (χ0) is 13.9. The van der Waals surface area contributed by atoms with Gasteiger partial charge in [0.05, 0.1) is 6.61 Å². The number of hydrogen-bond acceptors (Lipinski definition) is 3. The van der Waals surface area contributed by atoms with E-state index in [1.54, 1.807) is 0 Å². The van der Waals surface area contributed by atoms with E-state index in [9.17, 15) is 0 Å². The van der Waals surface area contributed by atoms with Crippen molar-refractivity contribution < 1.29 is 4.74 Å². The van der Waals surface area contributed by atoms with Gasteiger partial charge in [-0.2, -0.15) is 0 Å². The van der Waals surface area contributed by atoms with Gasteiger partial charge >= 0.3 is 0 Å². The van der Waals surface area contributed by atoms with Crippen LogP contribution in [0.4, 0.5) is 0 Å². The Morgan fingerprint density at radius 1 is 1.30 bits per heavy atom. The van der Waals surface area contributed by atoms with Gasteiger partial charge in [0.15, 0.2) is 0 Å². The van der Waals surface area contributed by atoms with Crippen LogP contribution in [-0.2, 0) is 6.42 Å². The van der Waals surface area contributed by atoms with Crippen LogP contribution in [0.1, 0.15) is 56.2 Å².